The second kappa shape index (κ2) is 8.21. The molecule has 4 N–H and O–H groups in total. The van der Waals surface area contributed by atoms with Gasteiger partial charge in [0.2, 0.25) is 11.8 Å². The van der Waals surface area contributed by atoms with E-state index in [1.807, 2.05) is 0 Å². The second-order valence-electron chi connectivity index (χ2n) is 5.53. The molecule has 1 heterocycles. The topological polar surface area (TPSA) is 92.7 Å². The van der Waals surface area contributed by atoms with Crippen LogP contribution in [0.3, 0.4) is 0 Å². The molecule has 0 aromatic rings. The van der Waals surface area contributed by atoms with Crippen molar-refractivity contribution in [2.24, 2.45) is 17.4 Å². The molecule has 6 nitrogen and oxygen atoms in total. The summed E-state index contributed by atoms with van der Waals surface area (Å²) in [5.41, 5.74) is 10.8. The average Bonchev–Trinajstić information content (AvgIpc) is 2.43. The van der Waals surface area contributed by atoms with Crippen molar-refractivity contribution in [1.82, 2.24) is 9.80 Å². The van der Waals surface area contributed by atoms with Crippen LogP contribution in [0.2, 0.25) is 0 Å². The fourth-order valence-electron chi connectivity index (χ4n) is 2.72. The van der Waals surface area contributed by atoms with Crippen molar-refractivity contribution in [3.8, 4) is 0 Å². The number of carbonyl (C=O) groups is 2. The highest BCUT2D eigenvalue weighted by atomic mass is 16.2. The van der Waals surface area contributed by atoms with Gasteiger partial charge in [-0.1, -0.05) is 13.8 Å². The molecule has 6 heteroatoms. The maximum absolute atomic E-state index is 12.1. The molecule has 1 fully saturated rings. The van der Waals surface area contributed by atoms with Crippen LogP contribution in [-0.2, 0) is 9.59 Å². The van der Waals surface area contributed by atoms with E-state index in [4.69, 9.17) is 11.5 Å². The van der Waals surface area contributed by atoms with E-state index >= 15 is 0 Å². The zero-order valence-corrected chi connectivity index (χ0v) is 12.7. The van der Waals surface area contributed by atoms with Crippen LogP contribution in [0.15, 0.2) is 0 Å². The fraction of sp³-hybridized carbons (Fsp3) is 0.857. The molecule has 0 spiro atoms. The Kier molecular flexibility index (Phi) is 6.95. The molecular weight excluding hydrogens is 256 g/mol. The van der Waals surface area contributed by atoms with Gasteiger partial charge in [0.15, 0.2) is 0 Å². The van der Waals surface area contributed by atoms with Crippen LogP contribution >= 0.6 is 0 Å². The van der Waals surface area contributed by atoms with Crippen LogP contribution in [-0.4, -0.2) is 60.4 Å². The first-order valence-corrected chi connectivity index (χ1v) is 7.52. The molecule has 0 aliphatic carbocycles. The third-order valence-corrected chi connectivity index (χ3v) is 4.08. The quantitative estimate of drug-likeness (QED) is 0.675. The van der Waals surface area contributed by atoms with Gasteiger partial charge in [0.1, 0.15) is 0 Å². The van der Waals surface area contributed by atoms with E-state index in [0.717, 1.165) is 45.6 Å². The van der Waals surface area contributed by atoms with E-state index in [9.17, 15) is 9.59 Å². The Bertz CT molecular complexity index is 323. The number of primary amides is 1. The van der Waals surface area contributed by atoms with Gasteiger partial charge in [-0.15, -0.1) is 0 Å². The molecule has 1 saturated heterocycles. The lowest BCUT2D eigenvalue weighted by molar-refractivity contribution is -0.136. The predicted octanol–water partition coefficient (Wildman–Crippen LogP) is -0.230. The monoisotopic (exact) mass is 284 g/mol. The van der Waals surface area contributed by atoms with Gasteiger partial charge in [-0.3, -0.25) is 9.59 Å². The number of carbonyl (C=O) groups excluding carboxylic acids is 2. The van der Waals surface area contributed by atoms with Crippen molar-refractivity contribution in [2.45, 2.75) is 39.2 Å². The van der Waals surface area contributed by atoms with E-state index in [1.165, 1.54) is 0 Å². The third kappa shape index (κ3) is 5.09. The molecule has 0 saturated carbocycles. The highest BCUT2D eigenvalue weighted by Crippen LogP contribution is 2.19. The molecule has 0 bridgehead atoms. The lowest BCUT2D eigenvalue weighted by atomic mass is 9.95. The van der Waals surface area contributed by atoms with Crippen LogP contribution in [0.1, 0.15) is 33.1 Å². The number of nitrogens with two attached hydrogens (primary N) is 2. The Morgan fingerprint density at radius 1 is 1.25 bits per heavy atom. The van der Waals surface area contributed by atoms with Gasteiger partial charge < -0.3 is 21.3 Å². The summed E-state index contributed by atoms with van der Waals surface area (Å²) in [5, 5.41) is 0. The molecule has 1 rings (SSSR count). The fourth-order valence-corrected chi connectivity index (χ4v) is 2.72. The normalized spacial score (nSPS) is 18.3. The number of nitrogens with zero attached hydrogens (tertiary/aromatic N) is 2. The van der Waals surface area contributed by atoms with E-state index in [1.54, 1.807) is 4.90 Å². The number of hydrogen-bond acceptors (Lipinski definition) is 4. The first-order valence-electron chi connectivity index (χ1n) is 7.52. The standard InChI is InChI=1S/C14H28N4O2/c1-3-17(4-2)10-11-5-7-18(8-6-11)14(20)12(15)9-13(16)19/h11-12H,3-10,15H2,1-2H3,(H2,16,19). The minimum atomic E-state index is -0.785. The van der Waals surface area contributed by atoms with Crippen molar-refractivity contribution in [2.75, 3.05) is 32.7 Å². The van der Waals surface area contributed by atoms with Crippen molar-refractivity contribution >= 4 is 11.8 Å². The van der Waals surface area contributed by atoms with Crippen LogP contribution in [0.25, 0.3) is 0 Å². The van der Waals surface area contributed by atoms with Gasteiger partial charge in [0.25, 0.3) is 0 Å². The van der Waals surface area contributed by atoms with Crippen molar-refractivity contribution in [1.29, 1.82) is 0 Å². The summed E-state index contributed by atoms with van der Waals surface area (Å²) in [7, 11) is 0. The predicted molar refractivity (Wildman–Crippen MR) is 78.9 cm³/mol. The molecule has 116 valence electrons. The molecular formula is C14H28N4O2. The molecule has 1 aliphatic heterocycles. The van der Waals surface area contributed by atoms with Crippen molar-refractivity contribution in [3.63, 3.8) is 0 Å². The van der Waals surface area contributed by atoms with E-state index in [0.29, 0.717) is 5.92 Å². The first kappa shape index (κ1) is 16.9. The lowest BCUT2D eigenvalue weighted by Gasteiger charge is -2.35. The number of rotatable bonds is 7. The van der Waals surface area contributed by atoms with Gasteiger partial charge >= 0.3 is 0 Å². The molecule has 1 atom stereocenters. The minimum Gasteiger partial charge on any atom is -0.370 e. The number of amides is 2. The maximum atomic E-state index is 12.1. The Morgan fingerprint density at radius 3 is 2.25 bits per heavy atom. The molecule has 1 aliphatic rings. The van der Waals surface area contributed by atoms with E-state index < -0.39 is 11.9 Å². The minimum absolute atomic E-state index is 0.0712. The summed E-state index contributed by atoms with van der Waals surface area (Å²) >= 11 is 0. The summed E-state index contributed by atoms with van der Waals surface area (Å²) < 4.78 is 0. The Balaban J connectivity index is 2.38. The summed E-state index contributed by atoms with van der Waals surface area (Å²) in [4.78, 5) is 27.0. The van der Waals surface area contributed by atoms with Crippen molar-refractivity contribution < 1.29 is 9.59 Å². The van der Waals surface area contributed by atoms with E-state index in [-0.39, 0.29) is 12.3 Å². The molecule has 20 heavy (non-hydrogen) atoms. The summed E-state index contributed by atoms with van der Waals surface area (Å²) in [6.45, 7) is 9.05. The summed E-state index contributed by atoms with van der Waals surface area (Å²) in [6.07, 6.45) is 1.94. The molecule has 0 radical (unpaired) electrons. The molecule has 2 amide bonds. The Hall–Kier alpha value is -1.14. The zero-order chi connectivity index (χ0) is 15.1. The SMILES string of the molecule is CCN(CC)CC1CCN(C(=O)C(N)CC(N)=O)CC1. The Labute approximate surface area is 121 Å². The van der Waals surface area contributed by atoms with Gasteiger partial charge in [-0.05, 0) is 31.8 Å². The number of likely N-dealkylation sites (tertiary alicyclic amines) is 1. The number of piperidine rings is 1. The highest BCUT2D eigenvalue weighted by molar-refractivity contribution is 5.87. The smallest absolute Gasteiger partial charge is 0.240 e. The van der Waals surface area contributed by atoms with Crippen LogP contribution in [0.4, 0.5) is 0 Å². The van der Waals surface area contributed by atoms with Crippen LogP contribution in [0, 0.1) is 5.92 Å². The zero-order valence-electron chi connectivity index (χ0n) is 12.7. The van der Waals surface area contributed by atoms with Crippen molar-refractivity contribution in [3.05, 3.63) is 0 Å². The lowest BCUT2D eigenvalue weighted by Crippen LogP contribution is -2.49. The van der Waals surface area contributed by atoms with Gasteiger partial charge in [-0.25, -0.2) is 0 Å². The average molecular weight is 284 g/mol. The highest BCUT2D eigenvalue weighted by Gasteiger charge is 2.27. The molecule has 1 unspecified atom stereocenters. The molecule has 0 aromatic heterocycles. The van der Waals surface area contributed by atoms with Gasteiger partial charge in [0, 0.05) is 19.6 Å². The molecule has 0 aromatic carbocycles. The van der Waals surface area contributed by atoms with E-state index in [2.05, 4.69) is 18.7 Å². The summed E-state index contributed by atoms with van der Waals surface area (Å²) in [5.74, 6) is -0.0290. The number of hydrogen-bond donors (Lipinski definition) is 2. The Morgan fingerprint density at radius 2 is 1.80 bits per heavy atom. The van der Waals surface area contributed by atoms with Crippen LogP contribution < -0.4 is 11.5 Å². The summed E-state index contributed by atoms with van der Waals surface area (Å²) in [6, 6.07) is -0.785. The van der Waals surface area contributed by atoms with Crippen LogP contribution in [0.5, 0.6) is 0 Å². The largest absolute Gasteiger partial charge is 0.370 e. The second-order valence-corrected chi connectivity index (χ2v) is 5.53. The van der Waals surface area contributed by atoms with Gasteiger partial charge in [0.05, 0.1) is 12.5 Å². The first-order chi connectivity index (χ1) is 9.47. The maximum Gasteiger partial charge on any atom is 0.240 e. The van der Waals surface area contributed by atoms with Gasteiger partial charge in [-0.2, -0.15) is 0 Å². The third-order valence-electron chi connectivity index (χ3n) is 4.08.